The third-order valence-corrected chi connectivity index (χ3v) is 6.78. The van der Waals surface area contributed by atoms with Crippen molar-refractivity contribution in [2.75, 3.05) is 32.7 Å². The van der Waals surface area contributed by atoms with Gasteiger partial charge in [0, 0.05) is 43.7 Å². The lowest BCUT2D eigenvalue weighted by Gasteiger charge is -2.46. The average Bonchev–Trinajstić information content (AvgIpc) is 2.64. The molecule has 27 heavy (non-hydrogen) atoms. The molecule has 1 aliphatic heterocycles. The van der Waals surface area contributed by atoms with E-state index in [0.29, 0.717) is 5.03 Å². The van der Waals surface area contributed by atoms with Crippen LogP contribution in [0.2, 0.25) is 0 Å². The second-order valence-electron chi connectivity index (χ2n) is 8.12. The molecule has 1 aromatic rings. The Kier molecular flexibility index (Phi) is 5.96. The van der Waals surface area contributed by atoms with Crippen LogP contribution in [0.3, 0.4) is 0 Å². The molecule has 2 aliphatic carbocycles. The molecule has 0 amide bonds. The van der Waals surface area contributed by atoms with Crippen LogP contribution < -0.4 is 5.32 Å². The molecular formula is C22H28Cl2N2O. The summed E-state index contributed by atoms with van der Waals surface area (Å²) in [6, 6.07) is 8.70. The van der Waals surface area contributed by atoms with Crippen LogP contribution in [0.5, 0.6) is 0 Å². The van der Waals surface area contributed by atoms with Crippen molar-refractivity contribution < 1.29 is 5.11 Å². The van der Waals surface area contributed by atoms with Crippen molar-refractivity contribution in [1.29, 1.82) is 0 Å². The molecule has 1 heterocycles. The Morgan fingerprint density at radius 1 is 1.19 bits per heavy atom. The predicted octanol–water partition coefficient (Wildman–Crippen LogP) is 4.11. The second-order valence-corrected chi connectivity index (χ2v) is 9.12. The summed E-state index contributed by atoms with van der Waals surface area (Å²) in [7, 11) is 0. The Hall–Kier alpha value is -0.840. The molecule has 0 bridgehead atoms. The minimum Gasteiger partial charge on any atom is -0.389 e. The monoisotopic (exact) mass is 406 g/mol. The molecule has 5 heteroatoms. The normalized spacial score (nSPS) is 26.7. The zero-order chi connectivity index (χ0) is 18.9. The van der Waals surface area contributed by atoms with E-state index in [9.17, 15) is 5.11 Å². The largest absolute Gasteiger partial charge is 0.389 e. The first kappa shape index (κ1) is 19.5. The van der Waals surface area contributed by atoms with Crippen LogP contribution in [-0.4, -0.2) is 53.7 Å². The van der Waals surface area contributed by atoms with Crippen LogP contribution in [0, 0.1) is 0 Å². The van der Waals surface area contributed by atoms with E-state index >= 15 is 0 Å². The van der Waals surface area contributed by atoms with Crippen LogP contribution >= 0.6 is 23.2 Å². The first-order valence-electron chi connectivity index (χ1n) is 10.0. The number of halogens is 2. The number of allylic oxidation sites excluding steroid dienone is 4. The maximum atomic E-state index is 11.1. The maximum absolute atomic E-state index is 11.1. The Labute approximate surface area is 172 Å². The number of benzene rings is 1. The van der Waals surface area contributed by atoms with E-state index in [1.165, 1.54) is 11.1 Å². The molecule has 2 atom stereocenters. The average molecular weight is 407 g/mol. The van der Waals surface area contributed by atoms with E-state index in [0.717, 1.165) is 64.0 Å². The van der Waals surface area contributed by atoms with Crippen molar-refractivity contribution in [3.8, 4) is 0 Å². The topological polar surface area (TPSA) is 35.5 Å². The number of nitrogens with zero attached hydrogens (tertiary/aromatic N) is 1. The molecule has 1 saturated carbocycles. The van der Waals surface area contributed by atoms with Gasteiger partial charge in [-0.05, 0) is 54.5 Å². The highest BCUT2D eigenvalue weighted by Crippen LogP contribution is 2.44. The third-order valence-electron chi connectivity index (χ3n) is 6.27. The van der Waals surface area contributed by atoms with Crippen LogP contribution in [0.25, 0.3) is 5.57 Å². The molecule has 0 radical (unpaired) electrons. The summed E-state index contributed by atoms with van der Waals surface area (Å²) in [5.41, 5.74) is 3.02. The highest BCUT2D eigenvalue weighted by Gasteiger charge is 2.43. The highest BCUT2D eigenvalue weighted by molar-refractivity contribution is 6.33. The number of nitrogens with one attached hydrogen (secondary N) is 1. The minimum absolute atomic E-state index is 0.0478. The maximum Gasteiger partial charge on any atom is 0.0728 e. The van der Waals surface area contributed by atoms with Crippen LogP contribution in [0.15, 0.2) is 41.4 Å². The Morgan fingerprint density at radius 3 is 2.48 bits per heavy atom. The van der Waals surface area contributed by atoms with Gasteiger partial charge in [-0.25, -0.2) is 0 Å². The molecule has 3 nitrogen and oxygen atoms in total. The predicted molar refractivity (Wildman–Crippen MR) is 113 cm³/mol. The van der Waals surface area contributed by atoms with Crippen molar-refractivity contribution >= 4 is 28.8 Å². The number of piperazine rings is 1. The molecule has 3 aliphatic rings. The van der Waals surface area contributed by atoms with E-state index in [4.69, 9.17) is 23.2 Å². The summed E-state index contributed by atoms with van der Waals surface area (Å²) in [6.07, 6.45) is 7.63. The molecule has 1 saturated heterocycles. The fraction of sp³-hybridized carbons (Fsp3) is 0.545. The fourth-order valence-corrected chi connectivity index (χ4v) is 5.12. The molecule has 2 fully saturated rings. The number of aliphatic hydroxyl groups is 1. The Bertz CT molecular complexity index is 718. The zero-order valence-corrected chi connectivity index (χ0v) is 17.1. The van der Waals surface area contributed by atoms with Gasteiger partial charge in [0.25, 0.3) is 0 Å². The van der Waals surface area contributed by atoms with Gasteiger partial charge in [0.15, 0.2) is 0 Å². The van der Waals surface area contributed by atoms with E-state index in [-0.39, 0.29) is 11.3 Å². The van der Waals surface area contributed by atoms with Gasteiger partial charge in [-0.15, -0.1) is 11.6 Å². The van der Waals surface area contributed by atoms with Gasteiger partial charge in [-0.2, -0.15) is 0 Å². The van der Waals surface area contributed by atoms with E-state index in [1.54, 1.807) is 0 Å². The van der Waals surface area contributed by atoms with Crippen molar-refractivity contribution in [3.63, 3.8) is 0 Å². The molecule has 2 N–H and O–H groups in total. The van der Waals surface area contributed by atoms with Crippen molar-refractivity contribution in [1.82, 2.24) is 10.2 Å². The smallest absolute Gasteiger partial charge is 0.0728 e. The number of rotatable bonds is 5. The summed E-state index contributed by atoms with van der Waals surface area (Å²) >= 11 is 12.5. The summed E-state index contributed by atoms with van der Waals surface area (Å²) in [5, 5.41) is 15.2. The Morgan fingerprint density at radius 2 is 1.89 bits per heavy atom. The van der Waals surface area contributed by atoms with Crippen molar-refractivity contribution in [2.24, 2.45) is 0 Å². The molecular weight excluding hydrogens is 379 g/mol. The highest BCUT2D eigenvalue weighted by atomic mass is 35.5. The van der Waals surface area contributed by atoms with Gasteiger partial charge in [-0.1, -0.05) is 35.9 Å². The molecule has 0 spiro atoms. The quantitative estimate of drug-likeness (QED) is 0.722. The van der Waals surface area contributed by atoms with Crippen LogP contribution in [0.4, 0.5) is 0 Å². The first-order valence-corrected chi connectivity index (χ1v) is 10.8. The lowest BCUT2D eigenvalue weighted by molar-refractivity contribution is -0.0652. The summed E-state index contributed by atoms with van der Waals surface area (Å²) in [4.78, 5) is 2.48. The standard InChI is InChI=1S/C22H28Cl2N2O/c23-19-12-18(13-20(24)14-19)16-2-4-17(5-3-16)21(22(27)6-1-7-22)15-26-10-8-25-9-11-26/h2-5,12,14,20-21,25,27H,1,6-11,13,15H2. The van der Waals surface area contributed by atoms with Crippen molar-refractivity contribution in [2.45, 2.75) is 42.6 Å². The molecule has 2 unspecified atom stereocenters. The van der Waals surface area contributed by atoms with Crippen LogP contribution in [-0.2, 0) is 0 Å². The molecule has 4 rings (SSSR count). The van der Waals surface area contributed by atoms with Gasteiger partial charge < -0.3 is 15.3 Å². The second kappa shape index (κ2) is 8.26. The summed E-state index contributed by atoms with van der Waals surface area (Å²) in [6.45, 7) is 5.11. The molecule has 0 aromatic heterocycles. The minimum atomic E-state index is -0.552. The number of hydrogen-bond acceptors (Lipinski definition) is 3. The lowest BCUT2D eigenvalue weighted by Crippen LogP contribution is -2.51. The van der Waals surface area contributed by atoms with Gasteiger partial charge in [0.05, 0.1) is 11.0 Å². The Balaban J connectivity index is 1.54. The van der Waals surface area contributed by atoms with E-state index in [1.807, 2.05) is 12.2 Å². The first-order chi connectivity index (χ1) is 13.0. The third kappa shape index (κ3) is 4.44. The van der Waals surface area contributed by atoms with Gasteiger partial charge in [0.2, 0.25) is 0 Å². The van der Waals surface area contributed by atoms with Gasteiger partial charge in [0.1, 0.15) is 0 Å². The van der Waals surface area contributed by atoms with Crippen molar-refractivity contribution in [3.05, 3.63) is 52.6 Å². The molecule has 146 valence electrons. The van der Waals surface area contributed by atoms with Gasteiger partial charge in [-0.3, -0.25) is 0 Å². The zero-order valence-electron chi connectivity index (χ0n) is 15.6. The SMILES string of the molecule is OC1(C(CN2CCNCC2)c2ccc(C3=CC(Cl)=CC(Cl)C3)cc2)CCC1. The molecule has 1 aromatic carbocycles. The fourth-order valence-electron chi connectivity index (χ4n) is 4.47. The van der Waals surface area contributed by atoms with E-state index in [2.05, 4.69) is 34.5 Å². The summed E-state index contributed by atoms with van der Waals surface area (Å²) < 4.78 is 0. The van der Waals surface area contributed by atoms with E-state index < -0.39 is 5.60 Å². The number of hydrogen-bond donors (Lipinski definition) is 2. The number of alkyl halides is 1. The van der Waals surface area contributed by atoms with Gasteiger partial charge >= 0.3 is 0 Å². The lowest BCUT2D eigenvalue weighted by atomic mass is 9.68. The van der Waals surface area contributed by atoms with Crippen LogP contribution in [0.1, 0.15) is 42.7 Å². The summed E-state index contributed by atoms with van der Waals surface area (Å²) in [5.74, 6) is 0.169.